The van der Waals surface area contributed by atoms with E-state index in [0.717, 1.165) is 45.9 Å². The van der Waals surface area contributed by atoms with Crippen molar-refractivity contribution in [2.24, 2.45) is 0 Å². The third-order valence-corrected chi connectivity index (χ3v) is 8.97. The molecule has 3 aromatic heterocycles. The Balaban J connectivity index is 1.47. The van der Waals surface area contributed by atoms with Gasteiger partial charge in [-0.15, -0.1) is 11.3 Å². The minimum Gasteiger partial charge on any atom is -0.443 e. The van der Waals surface area contributed by atoms with E-state index >= 15 is 0 Å². The number of ether oxygens (including phenoxy) is 2. The number of aryl methyl sites for hydroxylation is 1. The molecule has 5 rings (SSSR count). The summed E-state index contributed by atoms with van der Waals surface area (Å²) in [7, 11) is 0. The van der Waals surface area contributed by atoms with Crippen molar-refractivity contribution in [1.29, 1.82) is 0 Å². The van der Waals surface area contributed by atoms with Crippen LogP contribution in [0.5, 0.6) is 0 Å². The summed E-state index contributed by atoms with van der Waals surface area (Å²) < 4.78 is 12.3. The molecule has 2 fully saturated rings. The molecular formula is C29H37N5O4S2. The van der Waals surface area contributed by atoms with E-state index < -0.39 is 11.7 Å². The molecule has 214 valence electrons. The molecule has 40 heavy (non-hydrogen) atoms. The SMILES string of the molecule is Cc1cccc(CN(C(=O)OC(C)(C)C)c2cc(N3CCOCC3)cc(CSc3nc(CO)c(C4CC4)s3)n2)n1. The van der Waals surface area contributed by atoms with Gasteiger partial charge in [0.05, 0.1) is 43.4 Å². The van der Waals surface area contributed by atoms with E-state index in [1.807, 2.05) is 52.0 Å². The second-order valence-corrected chi connectivity index (χ2v) is 13.4. The molecule has 1 amide bonds. The van der Waals surface area contributed by atoms with Gasteiger partial charge >= 0.3 is 6.09 Å². The van der Waals surface area contributed by atoms with E-state index in [1.54, 1.807) is 28.0 Å². The molecule has 0 aromatic carbocycles. The predicted octanol–water partition coefficient (Wildman–Crippen LogP) is 5.68. The summed E-state index contributed by atoms with van der Waals surface area (Å²) in [4.78, 5) is 32.9. The Bertz CT molecular complexity index is 1330. The first-order valence-electron chi connectivity index (χ1n) is 13.7. The smallest absolute Gasteiger partial charge is 0.416 e. The molecule has 1 N–H and O–H groups in total. The highest BCUT2D eigenvalue weighted by atomic mass is 32.2. The van der Waals surface area contributed by atoms with Crippen LogP contribution in [0.4, 0.5) is 16.3 Å². The Labute approximate surface area is 243 Å². The largest absolute Gasteiger partial charge is 0.443 e. The monoisotopic (exact) mass is 583 g/mol. The van der Waals surface area contributed by atoms with Crippen LogP contribution in [0.3, 0.4) is 0 Å². The van der Waals surface area contributed by atoms with E-state index in [1.165, 1.54) is 17.7 Å². The van der Waals surface area contributed by atoms with E-state index in [-0.39, 0.29) is 13.2 Å². The zero-order valence-corrected chi connectivity index (χ0v) is 25.2. The molecule has 3 aromatic rings. The van der Waals surface area contributed by atoms with Crippen molar-refractivity contribution in [3.63, 3.8) is 0 Å². The van der Waals surface area contributed by atoms with Crippen molar-refractivity contribution in [1.82, 2.24) is 15.0 Å². The first kappa shape index (κ1) is 28.8. The molecule has 0 atom stereocenters. The molecule has 0 radical (unpaired) electrons. The molecule has 9 nitrogen and oxygen atoms in total. The van der Waals surface area contributed by atoms with Gasteiger partial charge < -0.3 is 19.5 Å². The first-order chi connectivity index (χ1) is 19.2. The van der Waals surface area contributed by atoms with E-state index in [9.17, 15) is 9.90 Å². The minimum absolute atomic E-state index is 0.0321. The molecule has 0 unspecified atom stereocenters. The summed E-state index contributed by atoms with van der Waals surface area (Å²) in [6.45, 7) is 10.5. The summed E-state index contributed by atoms with van der Waals surface area (Å²) in [5.74, 6) is 1.64. The van der Waals surface area contributed by atoms with Crippen molar-refractivity contribution in [2.75, 3.05) is 36.1 Å². The first-order valence-corrected chi connectivity index (χ1v) is 15.5. The summed E-state index contributed by atoms with van der Waals surface area (Å²) >= 11 is 3.29. The summed E-state index contributed by atoms with van der Waals surface area (Å²) in [6.07, 6.45) is 1.87. The topological polar surface area (TPSA) is 101 Å². The number of aromatic nitrogens is 3. The van der Waals surface area contributed by atoms with Crippen LogP contribution >= 0.6 is 23.1 Å². The van der Waals surface area contributed by atoms with E-state index in [0.29, 0.717) is 30.7 Å². The molecular weight excluding hydrogens is 546 g/mol. The fourth-order valence-corrected chi connectivity index (χ4v) is 6.74. The van der Waals surface area contributed by atoms with Crippen LogP contribution in [-0.4, -0.2) is 58.1 Å². The average molecular weight is 584 g/mol. The summed E-state index contributed by atoms with van der Waals surface area (Å²) in [5, 5.41) is 9.79. The number of amides is 1. The molecule has 0 bridgehead atoms. The number of carbonyl (C=O) groups is 1. The van der Waals surface area contributed by atoms with Gasteiger partial charge in [0.1, 0.15) is 11.4 Å². The molecule has 1 aliphatic heterocycles. The van der Waals surface area contributed by atoms with Gasteiger partial charge in [0.2, 0.25) is 0 Å². The van der Waals surface area contributed by atoms with Gasteiger partial charge in [-0.2, -0.15) is 0 Å². The van der Waals surface area contributed by atoms with Gasteiger partial charge in [-0.05, 0) is 64.7 Å². The average Bonchev–Trinajstić information content (AvgIpc) is 3.69. The van der Waals surface area contributed by atoms with E-state index in [4.69, 9.17) is 19.4 Å². The Morgan fingerprint density at radius 2 is 1.95 bits per heavy atom. The number of anilines is 2. The van der Waals surface area contributed by atoms with Crippen LogP contribution < -0.4 is 9.80 Å². The van der Waals surface area contributed by atoms with Gasteiger partial charge in [0.15, 0.2) is 4.34 Å². The fourth-order valence-electron chi connectivity index (χ4n) is 4.49. The number of morpholine rings is 1. The van der Waals surface area contributed by atoms with Crippen molar-refractivity contribution in [3.05, 3.63) is 58.0 Å². The van der Waals surface area contributed by atoms with Gasteiger partial charge in [-0.1, -0.05) is 17.8 Å². The number of aliphatic hydroxyl groups excluding tert-OH is 1. The number of thioether (sulfide) groups is 1. The zero-order valence-electron chi connectivity index (χ0n) is 23.6. The second-order valence-electron chi connectivity index (χ2n) is 11.1. The van der Waals surface area contributed by atoms with Crippen molar-refractivity contribution in [2.45, 2.75) is 75.3 Å². The normalized spacial score (nSPS) is 15.8. The van der Waals surface area contributed by atoms with E-state index in [2.05, 4.69) is 16.0 Å². The number of rotatable bonds is 9. The Morgan fingerprint density at radius 3 is 2.62 bits per heavy atom. The predicted molar refractivity (Wildman–Crippen MR) is 158 cm³/mol. The van der Waals surface area contributed by atoms with Crippen molar-refractivity contribution >= 4 is 40.7 Å². The molecule has 11 heteroatoms. The summed E-state index contributed by atoms with van der Waals surface area (Å²) in [6, 6.07) is 9.82. The Kier molecular flexibility index (Phi) is 8.94. The zero-order chi connectivity index (χ0) is 28.3. The number of carbonyl (C=O) groups excluding carboxylic acids is 1. The lowest BCUT2D eigenvalue weighted by Gasteiger charge is -2.31. The lowest BCUT2D eigenvalue weighted by atomic mass is 10.2. The molecule has 1 aliphatic carbocycles. The number of nitrogens with zero attached hydrogens (tertiary/aromatic N) is 5. The third-order valence-electron chi connectivity index (χ3n) is 6.53. The number of hydrogen-bond acceptors (Lipinski definition) is 10. The quantitative estimate of drug-likeness (QED) is 0.319. The molecule has 2 aliphatic rings. The highest BCUT2D eigenvalue weighted by molar-refractivity contribution is 8.00. The van der Waals surface area contributed by atoms with Crippen molar-refractivity contribution in [3.8, 4) is 0 Å². The van der Waals surface area contributed by atoms with Gasteiger partial charge in [0.25, 0.3) is 0 Å². The highest BCUT2D eigenvalue weighted by Gasteiger charge is 2.30. The second kappa shape index (κ2) is 12.4. The van der Waals surface area contributed by atoms with Crippen LogP contribution in [0.25, 0.3) is 0 Å². The standard InChI is InChI=1S/C29H37N5O4S2/c1-19-6-5-7-21(30-19)16-34(28(36)38-29(2,3)4)25-15-23(33-10-12-37-13-11-33)14-22(31-25)18-39-27-32-24(17-35)26(40-27)20-8-9-20/h5-7,14-15,20,35H,8-13,16-18H2,1-4H3. The maximum Gasteiger partial charge on any atom is 0.416 e. The maximum atomic E-state index is 13.5. The maximum absolute atomic E-state index is 13.5. The van der Waals surface area contributed by atoms with Crippen LogP contribution in [-0.2, 0) is 28.4 Å². The molecule has 0 spiro atoms. The number of aliphatic hydroxyl groups is 1. The van der Waals surface area contributed by atoms with Crippen LogP contribution in [0, 0.1) is 6.92 Å². The fraction of sp³-hybridized carbons (Fsp3) is 0.517. The number of pyridine rings is 2. The number of hydrogen-bond donors (Lipinski definition) is 1. The van der Waals surface area contributed by atoms with Gasteiger partial charge in [-0.25, -0.2) is 14.8 Å². The van der Waals surface area contributed by atoms with Gasteiger partial charge in [-0.3, -0.25) is 9.88 Å². The molecule has 1 saturated carbocycles. The Hall–Kier alpha value is -2.73. The summed E-state index contributed by atoms with van der Waals surface area (Å²) in [5.41, 5.74) is 3.60. The third kappa shape index (κ3) is 7.51. The molecule has 4 heterocycles. The highest BCUT2D eigenvalue weighted by Crippen LogP contribution is 2.46. The van der Waals surface area contributed by atoms with Crippen LogP contribution in [0.1, 0.15) is 67.2 Å². The Morgan fingerprint density at radius 1 is 1.18 bits per heavy atom. The lowest BCUT2D eigenvalue weighted by molar-refractivity contribution is 0.0576. The van der Waals surface area contributed by atoms with Crippen LogP contribution in [0.2, 0.25) is 0 Å². The van der Waals surface area contributed by atoms with Crippen LogP contribution in [0.15, 0.2) is 34.7 Å². The number of thiazole rings is 1. The van der Waals surface area contributed by atoms with Crippen molar-refractivity contribution < 1.29 is 19.4 Å². The van der Waals surface area contributed by atoms with Gasteiger partial charge in [0, 0.05) is 41.2 Å². The minimum atomic E-state index is -0.662. The lowest BCUT2D eigenvalue weighted by Crippen LogP contribution is -2.38. The molecule has 1 saturated heterocycles.